The van der Waals surface area contributed by atoms with Crippen molar-refractivity contribution < 1.29 is 0 Å². The maximum absolute atomic E-state index is 4.47. The van der Waals surface area contributed by atoms with E-state index in [1.54, 1.807) is 17.5 Å². The molecule has 0 saturated carbocycles. The molecule has 0 aliphatic rings. The summed E-state index contributed by atoms with van der Waals surface area (Å²) in [5.74, 6) is 0.808. The van der Waals surface area contributed by atoms with Crippen molar-refractivity contribution in [1.82, 2.24) is 25.0 Å². The lowest BCUT2D eigenvalue weighted by Gasteiger charge is -2.06. The molecule has 7 heteroatoms. The van der Waals surface area contributed by atoms with Crippen molar-refractivity contribution in [3.8, 4) is 11.1 Å². The van der Waals surface area contributed by atoms with Gasteiger partial charge in [0.05, 0.1) is 11.7 Å². The Balaban J connectivity index is 1.87. The van der Waals surface area contributed by atoms with Gasteiger partial charge in [-0.3, -0.25) is 9.78 Å². The van der Waals surface area contributed by atoms with Crippen molar-refractivity contribution in [2.45, 2.75) is 19.8 Å². The van der Waals surface area contributed by atoms with Gasteiger partial charge in [0.25, 0.3) is 0 Å². The van der Waals surface area contributed by atoms with Gasteiger partial charge in [0.2, 0.25) is 0 Å². The van der Waals surface area contributed by atoms with Crippen LogP contribution in [0.4, 0.5) is 10.9 Å². The third-order valence-corrected chi connectivity index (χ3v) is 4.63. The second-order valence-corrected chi connectivity index (χ2v) is 6.65. The molecule has 24 heavy (non-hydrogen) atoms. The van der Waals surface area contributed by atoms with Gasteiger partial charge in [0, 0.05) is 41.3 Å². The summed E-state index contributed by atoms with van der Waals surface area (Å²) in [6, 6.07) is 4.44. The molecule has 0 aliphatic carbocycles. The molecular weight excluding hydrogens is 320 g/mol. The first kappa shape index (κ1) is 14.9. The summed E-state index contributed by atoms with van der Waals surface area (Å²) in [6.45, 7) is 2.19. The predicted molar refractivity (Wildman–Crippen MR) is 97.7 cm³/mol. The molecule has 0 atom stereocenters. The van der Waals surface area contributed by atoms with Gasteiger partial charge in [0.15, 0.2) is 10.9 Å². The van der Waals surface area contributed by atoms with Crippen LogP contribution in [-0.2, 0) is 13.5 Å². The molecule has 0 amide bonds. The highest BCUT2D eigenvalue weighted by Gasteiger charge is 2.14. The average Bonchev–Trinajstić information content (AvgIpc) is 3.30. The van der Waals surface area contributed by atoms with E-state index in [0.717, 1.165) is 45.8 Å². The molecule has 1 aromatic carbocycles. The number of H-pyrrole nitrogens is 1. The molecule has 2 N–H and O–H groups in total. The topological polar surface area (TPSA) is 71.4 Å². The van der Waals surface area contributed by atoms with E-state index in [1.807, 2.05) is 29.5 Å². The number of thiazole rings is 1. The number of hydrogen-bond donors (Lipinski definition) is 2. The molecule has 3 heterocycles. The Morgan fingerprint density at radius 3 is 2.96 bits per heavy atom. The van der Waals surface area contributed by atoms with Gasteiger partial charge in [0.1, 0.15) is 0 Å². The molecule has 4 rings (SSSR count). The molecular formula is C17H18N6S. The van der Waals surface area contributed by atoms with Crippen molar-refractivity contribution in [1.29, 1.82) is 0 Å². The zero-order valence-corrected chi connectivity index (χ0v) is 14.4. The lowest BCUT2D eigenvalue weighted by atomic mass is 10.00. The molecule has 122 valence electrons. The van der Waals surface area contributed by atoms with Crippen LogP contribution >= 0.6 is 11.3 Å². The highest BCUT2D eigenvalue weighted by atomic mass is 32.1. The standard InChI is InChI=1S/C17H18N6S/c1-3-4-11-7-13(12-9-19-23(2)10-12)15-14(8-11)16(22-21-15)20-17-18-5-6-24-17/h5-10H,3-4H2,1-2H3,(H2,18,20,21,22). The summed E-state index contributed by atoms with van der Waals surface area (Å²) >= 11 is 1.56. The summed E-state index contributed by atoms with van der Waals surface area (Å²) in [5, 5.41) is 19.1. The van der Waals surface area contributed by atoms with Crippen LogP contribution in [0.15, 0.2) is 36.1 Å². The summed E-state index contributed by atoms with van der Waals surface area (Å²) < 4.78 is 1.82. The van der Waals surface area contributed by atoms with E-state index in [2.05, 4.69) is 44.7 Å². The number of hydrogen-bond acceptors (Lipinski definition) is 5. The molecule has 0 saturated heterocycles. The van der Waals surface area contributed by atoms with Crippen LogP contribution in [0.2, 0.25) is 0 Å². The number of aryl methyl sites for hydroxylation is 2. The largest absolute Gasteiger partial charge is 0.314 e. The van der Waals surface area contributed by atoms with E-state index in [1.165, 1.54) is 5.56 Å². The fourth-order valence-corrected chi connectivity index (χ4v) is 3.41. The van der Waals surface area contributed by atoms with Crippen molar-refractivity contribution in [2.75, 3.05) is 5.32 Å². The molecule has 0 spiro atoms. The van der Waals surface area contributed by atoms with Gasteiger partial charge in [-0.1, -0.05) is 13.3 Å². The van der Waals surface area contributed by atoms with Crippen LogP contribution in [0, 0.1) is 0 Å². The quantitative estimate of drug-likeness (QED) is 0.574. The van der Waals surface area contributed by atoms with Gasteiger partial charge in [-0.2, -0.15) is 10.2 Å². The van der Waals surface area contributed by atoms with Crippen LogP contribution in [0.3, 0.4) is 0 Å². The number of aromatic amines is 1. The molecule has 0 fully saturated rings. The van der Waals surface area contributed by atoms with Crippen LogP contribution in [0.25, 0.3) is 22.0 Å². The third kappa shape index (κ3) is 2.67. The lowest BCUT2D eigenvalue weighted by Crippen LogP contribution is -1.91. The predicted octanol–water partition coefficient (Wildman–Crippen LogP) is 4.12. The fraction of sp³-hybridized carbons (Fsp3) is 0.235. The maximum atomic E-state index is 4.47. The Hall–Kier alpha value is -2.67. The van der Waals surface area contributed by atoms with E-state index < -0.39 is 0 Å². The molecule has 4 aromatic rings. The number of aromatic nitrogens is 5. The normalized spacial score (nSPS) is 11.2. The fourth-order valence-electron chi connectivity index (χ4n) is 2.88. The van der Waals surface area contributed by atoms with Crippen molar-refractivity contribution in [3.05, 3.63) is 41.7 Å². The van der Waals surface area contributed by atoms with Gasteiger partial charge in [-0.25, -0.2) is 4.98 Å². The Kier molecular flexibility index (Phi) is 3.78. The monoisotopic (exact) mass is 338 g/mol. The first-order chi connectivity index (χ1) is 11.7. The highest BCUT2D eigenvalue weighted by Crippen LogP contribution is 2.33. The van der Waals surface area contributed by atoms with E-state index in [4.69, 9.17) is 0 Å². The Morgan fingerprint density at radius 1 is 1.33 bits per heavy atom. The van der Waals surface area contributed by atoms with Crippen LogP contribution < -0.4 is 5.32 Å². The zero-order valence-electron chi connectivity index (χ0n) is 13.6. The van der Waals surface area contributed by atoms with Crippen LogP contribution in [0.1, 0.15) is 18.9 Å². The SMILES string of the molecule is CCCc1cc(-c2cnn(C)c2)c2[nH]nc(Nc3nccs3)c2c1. The zero-order chi connectivity index (χ0) is 16.5. The molecule has 0 radical (unpaired) electrons. The van der Waals surface area contributed by atoms with Crippen molar-refractivity contribution in [2.24, 2.45) is 7.05 Å². The summed E-state index contributed by atoms with van der Waals surface area (Å²) in [4.78, 5) is 4.28. The van der Waals surface area contributed by atoms with Crippen LogP contribution in [-0.4, -0.2) is 25.0 Å². The Labute approximate surface area is 143 Å². The third-order valence-electron chi connectivity index (χ3n) is 3.94. The summed E-state index contributed by atoms with van der Waals surface area (Å²) in [6.07, 6.45) is 7.83. The Bertz CT molecular complexity index is 966. The smallest absolute Gasteiger partial charge is 0.188 e. The minimum atomic E-state index is 0.808. The molecule has 0 bridgehead atoms. The van der Waals surface area contributed by atoms with Crippen LogP contribution in [0.5, 0.6) is 0 Å². The van der Waals surface area contributed by atoms with E-state index in [0.29, 0.717) is 0 Å². The van der Waals surface area contributed by atoms with E-state index in [-0.39, 0.29) is 0 Å². The number of benzene rings is 1. The minimum Gasteiger partial charge on any atom is -0.314 e. The van der Waals surface area contributed by atoms with Crippen molar-refractivity contribution >= 4 is 33.2 Å². The first-order valence-electron chi connectivity index (χ1n) is 7.91. The molecule has 0 aliphatic heterocycles. The van der Waals surface area contributed by atoms with Gasteiger partial charge in [-0.15, -0.1) is 11.3 Å². The van der Waals surface area contributed by atoms with E-state index >= 15 is 0 Å². The Morgan fingerprint density at radius 2 is 2.25 bits per heavy atom. The summed E-state index contributed by atoms with van der Waals surface area (Å²) in [7, 11) is 1.93. The second-order valence-electron chi connectivity index (χ2n) is 5.75. The lowest BCUT2D eigenvalue weighted by molar-refractivity contribution is 0.768. The summed E-state index contributed by atoms with van der Waals surface area (Å²) in [5.41, 5.74) is 4.53. The molecule has 6 nitrogen and oxygen atoms in total. The second kappa shape index (κ2) is 6.09. The number of fused-ring (bicyclic) bond motifs is 1. The number of rotatable bonds is 5. The van der Waals surface area contributed by atoms with Gasteiger partial charge < -0.3 is 5.32 Å². The number of nitrogens with one attached hydrogen (secondary N) is 2. The van der Waals surface area contributed by atoms with Gasteiger partial charge >= 0.3 is 0 Å². The molecule has 0 unspecified atom stereocenters. The van der Waals surface area contributed by atoms with Crippen molar-refractivity contribution in [3.63, 3.8) is 0 Å². The first-order valence-corrected chi connectivity index (χ1v) is 8.79. The number of anilines is 2. The minimum absolute atomic E-state index is 0.808. The maximum Gasteiger partial charge on any atom is 0.188 e. The number of nitrogens with zero attached hydrogens (tertiary/aromatic N) is 4. The van der Waals surface area contributed by atoms with Gasteiger partial charge in [-0.05, 0) is 24.1 Å². The van der Waals surface area contributed by atoms with E-state index in [9.17, 15) is 0 Å². The molecule has 3 aromatic heterocycles. The average molecular weight is 338 g/mol. The highest BCUT2D eigenvalue weighted by molar-refractivity contribution is 7.13.